The van der Waals surface area contributed by atoms with Gasteiger partial charge in [-0.25, -0.2) is 0 Å². The predicted molar refractivity (Wildman–Crippen MR) is 97.5 cm³/mol. The molecule has 1 aliphatic heterocycles. The molecule has 1 fully saturated rings. The standard InChI is InChI=1S/C19H17ClO3S/c1-12-2-4-14(5-3-12)19(24)23-11-17-16(10-22-18(17)21)13-6-8-15(20)9-7-13/h2-9,16-17H,10-11H2,1H3/t16?,17-/m1/s1. The number of hydrogen-bond acceptors (Lipinski definition) is 4. The first-order chi connectivity index (χ1) is 11.5. The van der Waals surface area contributed by atoms with Gasteiger partial charge in [0.2, 0.25) is 0 Å². The van der Waals surface area contributed by atoms with Crippen molar-refractivity contribution in [2.24, 2.45) is 5.92 Å². The number of cyclic esters (lactones) is 1. The Hall–Kier alpha value is -1.91. The zero-order valence-electron chi connectivity index (χ0n) is 13.2. The lowest BCUT2D eigenvalue weighted by Crippen LogP contribution is -2.22. The van der Waals surface area contributed by atoms with Crippen LogP contribution in [0.4, 0.5) is 0 Å². The summed E-state index contributed by atoms with van der Waals surface area (Å²) in [5.41, 5.74) is 3.01. The van der Waals surface area contributed by atoms with Crippen LogP contribution < -0.4 is 0 Å². The van der Waals surface area contributed by atoms with Crippen LogP contribution in [-0.4, -0.2) is 24.2 Å². The third-order valence-corrected chi connectivity index (χ3v) is 4.78. The summed E-state index contributed by atoms with van der Waals surface area (Å²) >= 11 is 11.2. The van der Waals surface area contributed by atoms with Crippen molar-refractivity contribution in [3.05, 3.63) is 70.2 Å². The van der Waals surface area contributed by atoms with E-state index in [1.54, 1.807) is 0 Å². The topological polar surface area (TPSA) is 35.5 Å². The lowest BCUT2D eigenvalue weighted by Gasteiger charge is -2.17. The summed E-state index contributed by atoms with van der Waals surface area (Å²) in [6, 6.07) is 15.3. The summed E-state index contributed by atoms with van der Waals surface area (Å²) in [7, 11) is 0. The number of carbonyl (C=O) groups is 1. The number of halogens is 1. The number of aryl methyl sites for hydroxylation is 1. The minimum Gasteiger partial charge on any atom is -0.482 e. The molecule has 1 aliphatic rings. The highest BCUT2D eigenvalue weighted by atomic mass is 35.5. The molecule has 0 saturated carbocycles. The highest BCUT2D eigenvalue weighted by Gasteiger charge is 2.38. The van der Waals surface area contributed by atoms with Crippen LogP contribution >= 0.6 is 23.8 Å². The zero-order valence-corrected chi connectivity index (χ0v) is 14.8. The molecule has 124 valence electrons. The second kappa shape index (κ2) is 7.32. The molecule has 0 bridgehead atoms. The van der Waals surface area contributed by atoms with Crippen LogP contribution in [0.15, 0.2) is 48.5 Å². The molecule has 0 amide bonds. The third-order valence-electron chi connectivity index (χ3n) is 4.17. The quantitative estimate of drug-likeness (QED) is 0.601. The molecule has 0 aromatic heterocycles. The molecular formula is C19H17ClO3S. The Bertz CT molecular complexity index is 740. The van der Waals surface area contributed by atoms with Crippen molar-refractivity contribution >= 4 is 34.8 Å². The predicted octanol–water partition coefficient (Wildman–Crippen LogP) is 4.30. The molecule has 1 saturated heterocycles. The van der Waals surface area contributed by atoms with Crippen LogP contribution in [0.3, 0.4) is 0 Å². The minimum atomic E-state index is -0.366. The summed E-state index contributed by atoms with van der Waals surface area (Å²) in [5, 5.41) is 1.06. The fourth-order valence-corrected chi connectivity index (χ4v) is 3.05. The van der Waals surface area contributed by atoms with Crippen molar-refractivity contribution < 1.29 is 14.3 Å². The molecular weight excluding hydrogens is 344 g/mol. The first-order valence-corrected chi connectivity index (χ1v) is 8.49. The van der Waals surface area contributed by atoms with E-state index in [1.807, 2.05) is 55.5 Å². The molecule has 0 radical (unpaired) electrons. The maximum Gasteiger partial charge on any atom is 0.313 e. The van der Waals surface area contributed by atoms with Gasteiger partial charge >= 0.3 is 5.97 Å². The van der Waals surface area contributed by atoms with Crippen LogP contribution in [-0.2, 0) is 14.3 Å². The van der Waals surface area contributed by atoms with Gasteiger partial charge in [0.05, 0.1) is 6.61 Å². The molecule has 24 heavy (non-hydrogen) atoms. The number of ether oxygens (including phenoxy) is 2. The molecule has 2 aromatic rings. The molecule has 5 heteroatoms. The summed E-state index contributed by atoms with van der Waals surface area (Å²) < 4.78 is 10.9. The van der Waals surface area contributed by atoms with E-state index in [-0.39, 0.29) is 24.4 Å². The van der Waals surface area contributed by atoms with Crippen molar-refractivity contribution in [1.82, 2.24) is 0 Å². The molecule has 1 heterocycles. The molecule has 0 spiro atoms. The third kappa shape index (κ3) is 3.77. The van der Waals surface area contributed by atoms with Gasteiger partial charge in [-0.15, -0.1) is 0 Å². The molecule has 0 N–H and O–H groups in total. The number of carbonyl (C=O) groups excluding carboxylic acids is 1. The van der Waals surface area contributed by atoms with Gasteiger partial charge in [-0.2, -0.15) is 0 Å². The molecule has 1 unspecified atom stereocenters. The second-order valence-electron chi connectivity index (χ2n) is 5.86. The van der Waals surface area contributed by atoms with Gasteiger partial charge in [-0.1, -0.05) is 53.6 Å². The monoisotopic (exact) mass is 360 g/mol. The van der Waals surface area contributed by atoms with Crippen molar-refractivity contribution in [1.29, 1.82) is 0 Å². The Balaban J connectivity index is 1.68. The number of thiocarbonyl (C=S) groups is 1. The zero-order chi connectivity index (χ0) is 17.1. The average Bonchev–Trinajstić information content (AvgIpc) is 2.95. The smallest absolute Gasteiger partial charge is 0.313 e. The fourth-order valence-electron chi connectivity index (χ4n) is 2.72. The van der Waals surface area contributed by atoms with E-state index in [0.29, 0.717) is 16.7 Å². The summed E-state index contributed by atoms with van der Waals surface area (Å²) in [6.45, 7) is 2.57. The second-order valence-corrected chi connectivity index (χ2v) is 6.67. The van der Waals surface area contributed by atoms with Crippen LogP contribution in [0.25, 0.3) is 0 Å². The van der Waals surface area contributed by atoms with E-state index in [9.17, 15) is 4.79 Å². The summed E-state index contributed by atoms with van der Waals surface area (Å²) in [4.78, 5) is 12.0. The Morgan fingerprint density at radius 3 is 2.54 bits per heavy atom. The Morgan fingerprint density at radius 1 is 1.21 bits per heavy atom. The Morgan fingerprint density at radius 2 is 1.88 bits per heavy atom. The summed E-state index contributed by atoms with van der Waals surface area (Å²) in [6.07, 6.45) is 0. The van der Waals surface area contributed by atoms with Crippen molar-refractivity contribution in [2.45, 2.75) is 12.8 Å². The molecule has 2 atom stereocenters. The number of hydrogen-bond donors (Lipinski definition) is 0. The van der Waals surface area contributed by atoms with E-state index in [4.69, 9.17) is 33.3 Å². The average molecular weight is 361 g/mol. The lowest BCUT2D eigenvalue weighted by molar-refractivity contribution is -0.142. The SMILES string of the molecule is Cc1ccc(C(=S)OC[C@H]2C(=O)OCC2c2ccc(Cl)cc2)cc1. The Labute approximate surface area is 151 Å². The van der Waals surface area contributed by atoms with Gasteiger partial charge in [0.1, 0.15) is 12.5 Å². The van der Waals surface area contributed by atoms with E-state index in [1.165, 1.54) is 0 Å². The fraction of sp³-hybridized carbons (Fsp3) is 0.263. The van der Waals surface area contributed by atoms with Crippen molar-refractivity contribution in [2.75, 3.05) is 13.2 Å². The molecule has 3 rings (SSSR count). The lowest BCUT2D eigenvalue weighted by atomic mass is 9.89. The van der Waals surface area contributed by atoms with Gasteiger partial charge in [0.25, 0.3) is 0 Å². The summed E-state index contributed by atoms with van der Waals surface area (Å²) in [5.74, 6) is -0.660. The maximum absolute atomic E-state index is 12.0. The van der Waals surface area contributed by atoms with Crippen LogP contribution in [0.1, 0.15) is 22.6 Å². The van der Waals surface area contributed by atoms with Gasteiger partial charge in [-0.3, -0.25) is 4.79 Å². The number of esters is 1. The van der Waals surface area contributed by atoms with Crippen LogP contribution in [0.5, 0.6) is 0 Å². The highest BCUT2D eigenvalue weighted by Crippen LogP contribution is 2.33. The van der Waals surface area contributed by atoms with Gasteiger partial charge in [0, 0.05) is 16.5 Å². The maximum atomic E-state index is 12.0. The van der Waals surface area contributed by atoms with Gasteiger partial charge in [0.15, 0.2) is 5.05 Å². The molecule has 0 aliphatic carbocycles. The van der Waals surface area contributed by atoms with E-state index in [2.05, 4.69) is 0 Å². The van der Waals surface area contributed by atoms with Crippen molar-refractivity contribution in [3.63, 3.8) is 0 Å². The van der Waals surface area contributed by atoms with Crippen molar-refractivity contribution in [3.8, 4) is 0 Å². The van der Waals surface area contributed by atoms with Gasteiger partial charge in [-0.05, 0) is 36.8 Å². The Kier molecular flexibility index (Phi) is 5.17. The molecule has 2 aromatic carbocycles. The van der Waals surface area contributed by atoms with Crippen LogP contribution in [0.2, 0.25) is 5.02 Å². The van der Waals surface area contributed by atoms with E-state index < -0.39 is 0 Å². The van der Waals surface area contributed by atoms with E-state index >= 15 is 0 Å². The first kappa shape index (κ1) is 16.9. The number of benzene rings is 2. The number of rotatable bonds is 4. The van der Waals surface area contributed by atoms with Gasteiger partial charge < -0.3 is 9.47 Å². The highest BCUT2D eigenvalue weighted by molar-refractivity contribution is 7.80. The molecule has 3 nitrogen and oxygen atoms in total. The first-order valence-electron chi connectivity index (χ1n) is 7.70. The van der Waals surface area contributed by atoms with E-state index in [0.717, 1.165) is 16.7 Å². The largest absolute Gasteiger partial charge is 0.482 e. The normalized spacial score (nSPS) is 19.8. The minimum absolute atomic E-state index is 0.0458. The van der Waals surface area contributed by atoms with Crippen LogP contribution in [0, 0.1) is 12.8 Å².